The molecule has 1 rings (SSSR count). The molecule has 3 N–H and O–H groups in total. The molecule has 7 heteroatoms. The molecule has 1 unspecified atom stereocenters. The number of hydrogen-bond acceptors (Lipinski definition) is 2. The Balaban J connectivity index is 0. The van der Waals surface area contributed by atoms with Crippen molar-refractivity contribution in [2.75, 3.05) is 0 Å². The van der Waals surface area contributed by atoms with E-state index >= 15 is 0 Å². The van der Waals surface area contributed by atoms with E-state index in [0.29, 0.717) is 5.75 Å². The van der Waals surface area contributed by atoms with Crippen molar-refractivity contribution in [1.29, 1.82) is 0 Å². The summed E-state index contributed by atoms with van der Waals surface area (Å²) >= 11 is 8.61. The van der Waals surface area contributed by atoms with E-state index in [1.807, 2.05) is 24.3 Å². The van der Waals surface area contributed by atoms with Crippen molar-refractivity contribution >= 4 is 29.7 Å². The predicted octanol–water partition coefficient (Wildman–Crippen LogP) is 2.73. The molecule has 1 aromatic carbocycles. The van der Waals surface area contributed by atoms with Gasteiger partial charge in [0.05, 0.1) is 0 Å². The summed E-state index contributed by atoms with van der Waals surface area (Å²) in [5, 5.41) is 0. The topological polar surface area (TPSA) is 61.0 Å². The van der Waals surface area contributed by atoms with E-state index in [-0.39, 0.29) is 26.5 Å². The Hall–Kier alpha value is 0.628. The van der Waals surface area contributed by atoms with Crippen molar-refractivity contribution < 1.29 is 36.0 Å². The van der Waals surface area contributed by atoms with Gasteiger partial charge < -0.3 is 14.9 Å². The summed E-state index contributed by atoms with van der Waals surface area (Å²) in [5.74, 6) is 0.659. The van der Waals surface area contributed by atoms with Gasteiger partial charge in [0.1, 0.15) is 5.75 Å². The number of aryl methyl sites for hydroxylation is 1. The largest absolute Gasteiger partial charge is 0.436 e. The Morgan fingerprint density at radius 2 is 2.00 bits per heavy atom. The van der Waals surface area contributed by atoms with E-state index in [0.717, 1.165) is 24.8 Å². The summed E-state index contributed by atoms with van der Waals surface area (Å²) in [5.41, 5.74) is -1.84. The molecule has 0 amide bonds. The van der Waals surface area contributed by atoms with Gasteiger partial charge in [0.2, 0.25) is 0 Å². The first kappa shape index (κ1) is 20.0. The van der Waals surface area contributed by atoms with Crippen LogP contribution in [-0.2, 0) is 39.3 Å². The van der Waals surface area contributed by atoms with Gasteiger partial charge in [0.25, 0.3) is 5.69 Å². The monoisotopic (exact) mass is 378 g/mol. The molecule has 0 aliphatic heterocycles. The van der Waals surface area contributed by atoms with E-state index in [4.69, 9.17) is 16.3 Å². The third-order valence-corrected chi connectivity index (χ3v) is 2.89. The second-order valence-electron chi connectivity index (χ2n) is 3.29. The van der Waals surface area contributed by atoms with E-state index in [2.05, 4.69) is 19.2 Å². The number of unbranched alkanes of at least 4 members (excludes halogenated alkanes) is 1. The zero-order valence-electron chi connectivity index (χ0n) is 9.50. The number of hydrogen-bond donors (Lipinski definition) is 2. The van der Waals surface area contributed by atoms with Crippen LogP contribution in [0.25, 0.3) is 0 Å². The zero-order valence-corrected chi connectivity index (χ0v) is 14.1. The van der Waals surface area contributed by atoms with Crippen LogP contribution >= 0.6 is 17.9 Å². The molecule has 0 radical (unpaired) electrons. The van der Waals surface area contributed by atoms with Gasteiger partial charge >= 0.3 is 0 Å². The van der Waals surface area contributed by atoms with Crippen molar-refractivity contribution in [2.24, 2.45) is 0 Å². The number of para-hydroxylation sites is 1. The smallest absolute Gasteiger partial charge is 0.291 e. The molecule has 1 aromatic rings. The molecule has 98 valence electrons. The molecule has 0 saturated heterocycles. The van der Waals surface area contributed by atoms with E-state index in [9.17, 15) is 4.89 Å². The Morgan fingerprint density at radius 3 is 2.53 bits per heavy atom. The maximum absolute atomic E-state index is 9.39. The zero-order chi connectivity index (χ0) is 11.3. The molecule has 0 heterocycles. The number of rotatable bonds is 5. The van der Waals surface area contributed by atoms with Crippen LogP contribution in [0.15, 0.2) is 24.3 Å². The molecule has 1 atom stereocenters. The summed E-state index contributed by atoms with van der Waals surface area (Å²) in [6.45, 7) is 2.14. The van der Waals surface area contributed by atoms with Crippen molar-refractivity contribution in [1.82, 2.24) is 0 Å². The average molecular weight is 376 g/mol. The van der Waals surface area contributed by atoms with Gasteiger partial charge in [0.15, 0.2) is 0 Å². The molecule has 0 spiro atoms. The summed E-state index contributed by atoms with van der Waals surface area (Å²) in [6.07, 6.45) is 3.17. The van der Waals surface area contributed by atoms with E-state index in [1.165, 1.54) is 0 Å². The maximum atomic E-state index is 9.39. The van der Waals surface area contributed by atoms with Crippen LogP contribution in [0.4, 0.5) is 0 Å². The fourth-order valence-corrected chi connectivity index (χ4v) is 2.23. The van der Waals surface area contributed by atoms with Crippen LogP contribution < -0.4 is 4.52 Å². The molecule has 0 aliphatic carbocycles. The molecule has 0 aromatic heterocycles. The molecular formula is C10H17MoO3PS2. The quantitative estimate of drug-likeness (QED) is 0.472. The Morgan fingerprint density at radius 1 is 1.41 bits per heavy atom. The third kappa shape index (κ3) is 8.36. The molecule has 3 nitrogen and oxygen atoms in total. The fraction of sp³-hybridized carbons (Fsp3) is 0.400. The first-order valence-electron chi connectivity index (χ1n) is 4.86. The average Bonchev–Trinajstić information content (AvgIpc) is 2.14. The van der Waals surface area contributed by atoms with Crippen LogP contribution in [0.1, 0.15) is 25.3 Å². The second kappa shape index (κ2) is 9.54. The minimum Gasteiger partial charge on any atom is -0.436 e. The predicted molar refractivity (Wildman–Crippen MR) is 74.8 cm³/mol. The minimum atomic E-state index is -2.92. The Kier molecular flexibility index (Phi) is 11.2. The molecule has 17 heavy (non-hydrogen) atoms. The molecule has 0 aliphatic rings. The summed E-state index contributed by atoms with van der Waals surface area (Å²) in [6, 6.07) is 7.63. The summed E-state index contributed by atoms with van der Waals surface area (Å²) < 4.78 is 5.28. The SMILES string of the molecule is CCCCc1ccccc1OP(O)(=S)S.O.[Mo]. The number of benzene rings is 1. The summed E-state index contributed by atoms with van der Waals surface area (Å²) in [7, 11) is 0. The minimum absolute atomic E-state index is 0. The van der Waals surface area contributed by atoms with Gasteiger partial charge in [0, 0.05) is 21.1 Å². The van der Waals surface area contributed by atoms with Crippen LogP contribution in [-0.4, -0.2) is 10.4 Å². The maximum Gasteiger partial charge on any atom is 0.291 e. The van der Waals surface area contributed by atoms with Crippen molar-refractivity contribution in [2.45, 2.75) is 26.2 Å². The van der Waals surface area contributed by atoms with Gasteiger partial charge in [-0.05, 0) is 36.3 Å². The standard InChI is InChI=1S/C10H15O2PS2.Mo.H2O/c1-2-3-6-9-7-4-5-8-10(9)12-13(11,14)15;;/h4-5,7-8H,2-3,6H2,1H3,(H2,11,14,15);;1H2. The first-order chi connectivity index (χ1) is 7.03. The molecule has 0 saturated carbocycles. The van der Waals surface area contributed by atoms with Crippen molar-refractivity contribution in [3.05, 3.63) is 29.8 Å². The van der Waals surface area contributed by atoms with Crippen LogP contribution in [0.5, 0.6) is 5.75 Å². The third-order valence-electron chi connectivity index (χ3n) is 1.99. The van der Waals surface area contributed by atoms with Crippen LogP contribution in [0, 0.1) is 0 Å². The van der Waals surface area contributed by atoms with Gasteiger partial charge in [-0.2, -0.15) is 0 Å². The van der Waals surface area contributed by atoms with E-state index in [1.54, 1.807) is 0 Å². The van der Waals surface area contributed by atoms with Crippen LogP contribution in [0.3, 0.4) is 0 Å². The van der Waals surface area contributed by atoms with E-state index < -0.39 is 5.69 Å². The fourth-order valence-electron chi connectivity index (χ4n) is 1.29. The Labute approximate surface area is 127 Å². The van der Waals surface area contributed by atoms with Crippen LogP contribution in [0.2, 0.25) is 0 Å². The molecule has 0 fully saturated rings. The number of thiol groups is 1. The van der Waals surface area contributed by atoms with Gasteiger partial charge in [-0.25, -0.2) is 0 Å². The normalized spacial score (nSPS) is 12.9. The second-order valence-corrected chi connectivity index (χ2v) is 8.38. The van der Waals surface area contributed by atoms with Gasteiger partial charge in [-0.3, -0.25) is 0 Å². The summed E-state index contributed by atoms with van der Waals surface area (Å²) in [4.78, 5) is 9.39. The molecule has 0 bridgehead atoms. The Bertz CT molecular complexity index is 370. The van der Waals surface area contributed by atoms with Gasteiger partial charge in [-0.1, -0.05) is 43.8 Å². The van der Waals surface area contributed by atoms with Gasteiger partial charge in [-0.15, -0.1) is 0 Å². The molecular weight excluding hydrogens is 359 g/mol. The van der Waals surface area contributed by atoms with Crippen molar-refractivity contribution in [3.63, 3.8) is 0 Å². The van der Waals surface area contributed by atoms with Crippen molar-refractivity contribution in [3.8, 4) is 5.75 Å². The first-order valence-corrected chi connectivity index (χ1v) is 8.68.